The number of aryl methyl sites for hydroxylation is 1. The predicted molar refractivity (Wildman–Crippen MR) is 67.0 cm³/mol. The summed E-state index contributed by atoms with van der Waals surface area (Å²) in [7, 11) is 0. The van der Waals surface area contributed by atoms with Gasteiger partial charge in [-0.2, -0.15) is 0 Å². The fourth-order valence-electron chi connectivity index (χ4n) is 2.25. The van der Waals surface area contributed by atoms with Gasteiger partial charge in [0.05, 0.1) is 11.6 Å². The minimum atomic E-state index is -0.116. The Morgan fingerprint density at radius 1 is 1.44 bits per heavy atom. The van der Waals surface area contributed by atoms with Crippen LogP contribution in [0.15, 0.2) is 12.3 Å². The zero-order valence-corrected chi connectivity index (χ0v) is 10.7. The van der Waals surface area contributed by atoms with Gasteiger partial charge in [0.25, 0.3) is 0 Å². The van der Waals surface area contributed by atoms with Gasteiger partial charge in [-0.05, 0) is 25.8 Å². The predicted octanol–water partition coefficient (Wildman–Crippen LogP) is 2.72. The van der Waals surface area contributed by atoms with Gasteiger partial charge in [0, 0.05) is 11.8 Å². The van der Waals surface area contributed by atoms with Crippen molar-refractivity contribution in [2.45, 2.75) is 45.6 Å². The van der Waals surface area contributed by atoms with Crippen molar-refractivity contribution < 1.29 is 14.6 Å². The van der Waals surface area contributed by atoms with E-state index in [0.717, 1.165) is 31.2 Å². The third-order valence-corrected chi connectivity index (χ3v) is 3.44. The Morgan fingerprint density at radius 2 is 2.17 bits per heavy atom. The van der Waals surface area contributed by atoms with Gasteiger partial charge in [0.15, 0.2) is 0 Å². The molecule has 0 bridgehead atoms. The second kappa shape index (κ2) is 5.85. The van der Waals surface area contributed by atoms with Crippen molar-refractivity contribution in [2.24, 2.45) is 5.92 Å². The van der Waals surface area contributed by atoms with Gasteiger partial charge in [-0.3, -0.25) is 9.78 Å². The smallest absolute Gasteiger partial charge is 0.309 e. The molecule has 1 aliphatic rings. The molecule has 0 radical (unpaired) electrons. The summed E-state index contributed by atoms with van der Waals surface area (Å²) in [5.74, 6) is 0.0849. The van der Waals surface area contributed by atoms with Gasteiger partial charge in [-0.1, -0.05) is 19.3 Å². The van der Waals surface area contributed by atoms with Crippen molar-refractivity contribution in [3.8, 4) is 5.75 Å². The standard InChI is InChI=1S/C14H19NO3/c1-10-13(16)7-11(8-15-10)9-18-14(17)12-5-3-2-4-6-12/h7-8,12,16H,2-6,9H2,1H3. The molecule has 0 unspecified atom stereocenters. The summed E-state index contributed by atoms with van der Waals surface area (Å²) in [5, 5.41) is 9.51. The molecule has 1 N–H and O–H groups in total. The van der Waals surface area contributed by atoms with Crippen LogP contribution in [0.25, 0.3) is 0 Å². The minimum Gasteiger partial charge on any atom is -0.506 e. The summed E-state index contributed by atoms with van der Waals surface area (Å²) in [4.78, 5) is 15.8. The van der Waals surface area contributed by atoms with Crippen LogP contribution in [0.5, 0.6) is 5.75 Å². The lowest BCUT2D eigenvalue weighted by molar-refractivity contribution is -0.151. The number of aromatic hydroxyl groups is 1. The van der Waals surface area contributed by atoms with Crippen molar-refractivity contribution in [2.75, 3.05) is 0 Å². The summed E-state index contributed by atoms with van der Waals surface area (Å²) >= 11 is 0. The van der Waals surface area contributed by atoms with Crippen molar-refractivity contribution in [3.05, 3.63) is 23.5 Å². The van der Waals surface area contributed by atoms with Crippen LogP contribution in [0.3, 0.4) is 0 Å². The summed E-state index contributed by atoms with van der Waals surface area (Å²) in [5.41, 5.74) is 1.31. The van der Waals surface area contributed by atoms with Crippen molar-refractivity contribution in [1.82, 2.24) is 4.98 Å². The molecule has 4 nitrogen and oxygen atoms in total. The topological polar surface area (TPSA) is 59.4 Å². The molecule has 0 atom stereocenters. The van der Waals surface area contributed by atoms with Crippen LogP contribution in [-0.4, -0.2) is 16.1 Å². The lowest BCUT2D eigenvalue weighted by Crippen LogP contribution is -2.20. The highest BCUT2D eigenvalue weighted by atomic mass is 16.5. The number of carbonyl (C=O) groups is 1. The summed E-state index contributed by atoms with van der Waals surface area (Å²) in [6.45, 7) is 1.92. The quantitative estimate of drug-likeness (QED) is 0.837. The van der Waals surface area contributed by atoms with E-state index in [4.69, 9.17) is 4.74 Å². The Balaban J connectivity index is 1.86. The van der Waals surface area contributed by atoms with Crippen molar-refractivity contribution in [1.29, 1.82) is 0 Å². The van der Waals surface area contributed by atoms with Gasteiger partial charge in [-0.15, -0.1) is 0 Å². The van der Waals surface area contributed by atoms with E-state index in [1.54, 1.807) is 19.2 Å². The van der Waals surface area contributed by atoms with Crippen LogP contribution < -0.4 is 0 Å². The number of carbonyl (C=O) groups excluding carboxylic acids is 1. The van der Waals surface area contributed by atoms with Crippen molar-refractivity contribution in [3.63, 3.8) is 0 Å². The van der Waals surface area contributed by atoms with Crippen LogP contribution >= 0.6 is 0 Å². The first kappa shape index (κ1) is 12.9. The van der Waals surface area contributed by atoms with Crippen molar-refractivity contribution >= 4 is 5.97 Å². The highest BCUT2D eigenvalue weighted by Crippen LogP contribution is 2.25. The number of pyridine rings is 1. The molecule has 1 aromatic heterocycles. The molecule has 98 valence electrons. The zero-order valence-electron chi connectivity index (χ0n) is 10.7. The third-order valence-electron chi connectivity index (χ3n) is 3.44. The van der Waals surface area contributed by atoms with Crippen LogP contribution in [0.2, 0.25) is 0 Å². The van der Waals surface area contributed by atoms with Gasteiger partial charge in [-0.25, -0.2) is 0 Å². The molecular weight excluding hydrogens is 230 g/mol. The normalized spacial score (nSPS) is 16.5. The first-order chi connectivity index (χ1) is 8.66. The molecule has 1 heterocycles. The lowest BCUT2D eigenvalue weighted by Gasteiger charge is -2.19. The summed E-state index contributed by atoms with van der Waals surface area (Å²) in [6, 6.07) is 1.59. The van der Waals surface area contributed by atoms with E-state index in [1.807, 2.05) is 0 Å². The molecule has 0 aromatic carbocycles. The molecule has 2 rings (SSSR count). The Labute approximate surface area is 107 Å². The van der Waals surface area contributed by atoms with E-state index in [-0.39, 0.29) is 24.2 Å². The summed E-state index contributed by atoms with van der Waals surface area (Å²) in [6.07, 6.45) is 6.97. The molecule has 18 heavy (non-hydrogen) atoms. The third kappa shape index (κ3) is 3.22. The maximum absolute atomic E-state index is 11.8. The minimum absolute atomic E-state index is 0.0609. The number of nitrogens with zero attached hydrogens (tertiary/aromatic N) is 1. The van der Waals surface area contributed by atoms with E-state index >= 15 is 0 Å². The second-order valence-electron chi connectivity index (χ2n) is 4.89. The van der Waals surface area contributed by atoms with Crippen LogP contribution in [0.4, 0.5) is 0 Å². The molecule has 1 aromatic rings. The maximum atomic E-state index is 11.8. The number of rotatable bonds is 3. The molecule has 1 aliphatic carbocycles. The average molecular weight is 249 g/mol. The second-order valence-corrected chi connectivity index (χ2v) is 4.89. The molecule has 0 aliphatic heterocycles. The van der Waals surface area contributed by atoms with E-state index in [2.05, 4.69) is 4.98 Å². The Morgan fingerprint density at radius 3 is 2.83 bits per heavy atom. The van der Waals surface area contributed by atoms with E-state index in [9.17, 15) is 9.90 Å². The van der Waals surface area contributed by atoms with Crippen LogP contribution in [0, 0.1) is 12.8 Å². The van der Waals surface area contributed by atoms with Gasteiger partial charge >= 0.3 is 5.97 Å². The van der Waals surface area contributed by atoms with E-state index in [0.29, 0.717) is 5.69 Å². The average Bonchev–Trinajstić information content (AvgIpc) is 2.41. The van der Waals surface area contributed by atoms with E-state index < -0.39 is 0 Å². The monoisotopic (exact) mass is 249 g/mol. The fraction of sp³-hybridized carbons (Fsp3) is 0.571. The number of ether oxygens (including phenoxy) is 1. The Kier molecular flexibility index (Phi) is 4.18. The highest BCUT2D eigenvalue weighted by molar-refractivity contribution is 5.72. The number of hydrogen-bond donors (Lipinski definition) is 1. The fourth-order valence-corrected chi connectivity index (χ4v) is 2.25. The number of aromatic nitrogens is 1. The van der Waals surface area contributed by atoms with E-state index in [1.165, 1.54) is 6.42 Å². The molecule has 0 amide bonds. The van der Waals surface area contributed by atoms with Gasteiger partial charge < -0.3 is 9.84 Å². The first-order valence-electron chi connectivity index (χ1n) is 6.48. The Hall–Kier alpha value is -1.58. The molecule has 0 spiro atoms. The molecule has 1 saturated carbocycles. The van der Waals surface area contributed by atoms with Gasteiger partial charge in [0.2, 0.25) is 0 Å². The number of esters is 1. The van der Waals surface area contributed by atoms with Gasteiger partial charge in [0.1, 0.15) is 12.4 Å². The first-order valence-corrected chi connectivity index (χ1v) is 6.48. The lowest BCUT2D eigenvalue weighted by atomic mass is 9.89. The molecule has 0 saturated heterocycles. The highest BCUT2D eigenvalue weighted by Gasteiger charge is 2.22. The summed E-state index contributed by atoms with van der Waals surface area (Å²) < 4.78 is 5.27. The van der Waals surface area contributed by atoms with Crippen LogP contribution in [0.1, 0.15) is 43.4 Å². The maximum Gasteiger partial charge on any atom is 0.309 e. The molecular formula is C14H19NO3. The SMILES string of the molecule is Cc1ncc(COC(=O)C2CCCCC2)cc1O. The zero-order chi connectivity index (χ0) is 13.0. The molecule has 1 fully saturated rings. The molecule has 4 heteroatoms. The Bertz CT molecular complexity index is 425. The van der Waals surface area contributed by atoms with Crippen LogP contribution in [-0.2, 0) is 16.1 Å². The number of hydrogen-bond acceptors (Lipinski definition) is 4. The largest absolute Gasteiger partial charge is 0.506 e.